The summed E-state index contributed by atoms with van der Waals surface area (Å²) in [5.41, 5.74) is 1.90. The number of nitrogens with zero attached hydrogens (tertiary/aromatic N) is 1. The van der Waals surface area contributed by atoms with Crippen molar-refractivity contribution in [3.05, 3.63) is 58.1 Å². The fourth-order valence-corrected chi connectivity index (χ4v) is 3.03. The largest absolute Gasteiger partial charge is 0.355 e. The Balaban J connectivity index is 2.31. The highest BCUT2D eigenvalue weighted by atomic mass is 127. The van der Waals surface area contributed by atoms with E-state index in [2.05, 4.69) is 43.8 Å². The third kappa shape index (κ3) is 3.78. The lowest BCUT2D eigenvalue weighted by atomic mass is 10.2. The zero-order chi connectivity index (χ0) is 14.0. The fourth-order valence-electron chi connectivity index (χ4n) is 1.48. The van der Waals surface area contributed by atoms with Crippen LogP contribution in [0.2, 0.25) is 0 Å². The summed E-state index contributed by atoms with van der Waals surface area (Å²) in [6.45, 7) is 0. The van der Waals surface area contributed by atoms with Gasteiger partial charge in [0.25, 0.3) is 5.69 Å². The Morgan fingerprint density at radius 3 is 2.47 bits per heavy atom. The van der Waals surface area contributed by atoms with Gasteiger partial charge in [0.1, 0.15) is 0 Å². The van der Waals surface area contributed by atoms with Crippen LogP contribution in [0.15, 0.2) is 40.9 Å². The molecule has 0 aliphatic carbocycles. The molecule has 2 aromatic carbocycles. The van der Waals surface area contributed by atoms with Crippen molar-refractivity contribution >= 4 is 78.2 Å². The van der Waals surface area contributed by atoms with Gasteiger partial charge in [0.15, 0.2) is 0 Å². The van der Waals surface area contributed by atoms with E-state index < -0.39 is 0 Å². The van der Waals surface area contributed by atoms with E-state index in [0.29, 0.717) is 3.57 Å². The first-order valence-corrected chi connectivity index (χ1v) is 8.08. The molecule has 7 heteroatoms. The number of rotatable bonds is 3. The van der Waals surface area contributed by atoms with Crippen molar-refractivity contribution < 1.29 is 4.92 Å². The summed E-state index contributed by atoms with van der Waals surface area (Å²) in [4.78, 5) is 10.4. The van der Waals surface area contributed by atoms with Crippen LogP contribution >= 0.6 is 61.1 Å². The minimum absolute atomic E-state index is 0.120. The van der Waals surface area contributed by atoms with Crippen molar-refractivity contribution in [1.29, 1.82) is 0 Å². The predicted molar refractivity (Wildman–Crippen MR) is 96.0 cm³/mol. The van der Waals surface area contributed by atoms with Crippen molar-refractivity contribution in [3.8, 4) is 0 Å². The molecule has 0 fully saturated rings. The molecule has 0 heterocycles. The molecule has 2 aromatic rings. The lowest BCUT2D eigenvalue weighted by molar-refractivity contribution is -0.385. The molecule has 0 saturated heterocycles. The quantitative estimate of drug-likeness (QED) is 0.324. The van der Waals surface area contributed by atoms with Crippen LogP contribution in [0, 0.1) is 17.3 Å². The van der Waals surface area contributed by atoms with E-state index in [1.807, 2.05) is 40.8 Å². The van der Waals surface area contributed by atoms with E-state index in [-0.39, 0.29) is 10.6 Å². The van der Waals surface area contributed by atoms with Crippen LogP contribution in [-0.4, -0.2) is 4.92 Å². The summed E-state index contributed by atoms with van der Waals surface area (Å²) in [7, 11) is 0. The van der Waals surface area contributed by atoms with Gasteiger partial charge in [0.2, 0.25) is 0 Å². The molecule has 2 rings (SSSR count). The third-order valence-corrected chi connectivity index (χ3v) is 4.65. The number of anilines is 2. The van der Waals surface area contributed by atoms with Gasteiger partial charge in [-0.15, -0.1) is 0 Å². The summed E-state index contributed by atoms with van der Waals surface area (Å²) >= 11 is 7.62. The van der Waals surface area contributed by atoms with E-state index in [1.54, 1.807) is 12.1 Å². The van der Waals surface area contributed by atoms with Crippen molar-refractivity contribution in [1.82, 2.24) is 0 Å². The molecule has 0 aliphatic rings. The van der Waals surface area contributed by atoms with Crippen LogP contribution in [0.25, 0.3) is 0 Å². The summed E-state index contributed by atoms with van der Waals surface area (Å²) in [5.74, 6) is 0. The van der Waals surface area contributed by atoms with Crippen molar-refractivity contribution in [2.24, 2.45) is 0 Å². The van der Waals surface area contributed by atoms with E-state index in [4.69, 9.17) is 0 Å². The van der Waals surface area contributed by atoms with Gasteiger partial charge in [-0.05, 0) is 75.5 Å². The molecule has 0 aliphatic heterocycles. The number of hydrogen-bond donors (Lipinski definition) is 1. The first kappa shape index (κ1) is 15.0. The maximum absolute atomic E-state index is 10.8. The summed E-state index contributed by atoms with van der Waals surface area (Å²) in [5, 5.41) is 14.0. The first-order chi connectivity index (χ1) is 8.97. The number of halogens is 3. The highest BCUT2D eigenvalue weighted by Gasteiger charge is 2.12. The summed E-state index contributed by atoms with van der Waals surface area (Å²) < 4.78 is 2.67. The molecule has 1 N–H and O–H groups in total. The van der Waals surface area contributed by atoms with E-state index in [9.17, 15) is 10.1 Å². The molecule has 0 radical (unpaired) electrons. The Morgan fingerprint density at radius 2 is 1.84 bits per heavy atom. The second-order valence-corrected chi connectivity index (χ2v) is 6.91. The molecule has 98 valence electrons. The van der Waals surface area contributed by atoms with Crippen molar-refractivity contribution in [2.75, 3.05) is 5.32 Å². The maximum Gasteiger partial charge on any atom is 0.282 e. The maximum atomic E-state index is 10.8. The molecular weight excluding hydrogens is 538 g/mol. The number of hydrogen-bond acceptors (Lipinski definition) is 3. The Labute approximate surface area is 145 Å². The Bertz CT molecular complexity index is 650. The summed E-state index contributed by atoms with van der Waals surface area (Å²) in [6, 6.07) is 10.9. The highest BCUT2D eigenvalue weighted by molar-refractivity contribution is 14.1. The van der Waals surface area contributed by atoms with Gasteiger partial charge in [-0.3, -0.25) is 10.1 Å². The van der Waals surface area contributed by atoms with Crippen LogP contribution in [0.1, 0.15) is 0 Å². The van der Waals surface area contributed by atoms with Crippen LogP contribution in [0.4, 0.5) is 17.1 Å². The van der Waals surface area contributed by atoms with Gasteiger partial charge in [-0.1, -0.05) is 15.9 Å². The molecule has 0 bridgehead atoms. The number of nitrogens with one attached hydrogen (secondary N) is 1. The predicted octanol–water partition coefficient (Wildman–Crippen LogP) is 5.31. The van der Waals surface area contributed by atoms with Gasteiger partial charge in [-0.25, -0.2) is 0 Å². The Hall–Kier alpha value is -0.420. The van der Waals surface area contributed by atoms with Gasteiger partial charge in [0.05, 0.1) is 14.2 Å². The number of nitro groups is 1. The van der Waals surface area contributed by atoms with E-state index in [1.165, 1.54) is 6.07 Å². The zero-order valence-corrected chi connectivity index (χ0v) is 15.3. The standard InChI is InChI=1S/C12H7BrI2N2O2/c13-7-1-3-9(14)11(5-7)16-8-2-4-12(17(18)19)10(15)6-8/h1-6,16H. The van der Waals surface area contributed by atoms with Crippen LogP contribution in [0.5, 0.6) is 0 Å². The molecule has 0 spiro atoms. The molecule has 19 heavy (non-hydrogen) atoms. The summed E-state index contributed by atoms with van der Waals surface area (Å²) in [6.07, 6.45) is 0. The smallest absolute Gasteiger partial charge is 0.282 e. The second kappa shape index (κ2) is 6.35. The van der Waals surface area contributed by atoms with Gasteiger partial charge in [-0.2, -0.15) is 0 Å². The van der Waals surface area contributed by atoms with Crippen molar-refractivity contribution in [3.63, 3.8) is 0 Å². The number of nitro benzene ring substituents is 1. The van der Waals surface area contributed by atoms with E-state index in [0.717, 1.165) is 19.4 Å². The molecule has 4 nitrogen and oxygen atoms in total. The minimum Gasteiger partial charge on any atom is -0.355 e. The molecule has 0 amide bonds. The normalized spacial score (nSPS) is 10.3. The van der Waals surface area contributed by atoms with Gasteiger partial charge in [0, 0.05) is 19.8 Å². The fraction of sp³-hybridized carbons (Fsp3) is 0. The lowest BCUT2D eigenvalue weighted by Gasteiger charge is -2.09. The zero-order valence-electron chi connectivity index (χ0n) is 9.36. The van der Waals surface area contributed by atoms with Gasteiger partial charge < -0.3 is 5.32 Å². The average Bonchev–Trinajstić information content (AvgIpc) is 2.33. The van der Waals surface area contributed by atoms with Crippen LogP contribution in [-0.2, 0) is 0 Å². The SMILES string of the molecule is O=[N+]([O-])c1ccc(Nc2cc(Br)ccc2I)cc1I. The average molecular weight is 545 g/mol. The Kier molecular flexibility index (Phi) is 5.01. The second-order valence-electron chi connectivity index (χ2n) is 3.67. The third-order valence-electron chi connectivity index (χ3n) is 2.35. The number of benzene rings is 2. The minimum atomic E-state index is -0.381. The monoisotopic (exact) mass is 544 g/mol. The Morgan fingerprint density at radius 1 is 1.11 bits per heavy atom. The first-order valence-electron chi connectivity index (χ1n) is 5.13. The molecular formula is C12H7BrI2N2O2. The lowest BCUT2D eigenvalue weighted by Crippen LogP contribution is -1.96. The van der Waals surface area contributed by atoms with Crippen LogP contribution < -0.4 is 5.32 Å². The van der Waals surface area contributed by atoms with E-state index >= 15 is 0 Å². The van der Waals surface area contributed by atoms with Gasteiger partial charge >= 0.3 is 0 Å². The molecule has 0 saturated carbocycles. The highest BCUT2D eigenvalue weighted by Crippen LogP contribution is 2.29. The van der Waals surface area contributed by atoms with Crippen molar-refractivity contribution in [2.45, 2.75) is 0 Å². The molecule has 0 atom stereocenters. The van der Waals surface area contributed by atoms with Crippen LogP contribution in [0.3, 0.4) is 0 Å². The molecule has 0 unspecified atom stereocenters. The topological polar surface area (TPSA) is 55.2 Å². The molecule has 0 aromatic heterocycles.